The molecule has 2 aromatic carbocycles. The monoisotopic (exact) mass is 381 g/mol. The normalized spacial score (nSPS) is 16.4. The predicted molar refractivity (Wildman–Crippen MR) is 99.2 cm³/mol. The van der Waals surface area contributed by atoms with Crippen LogP contribution in [-0.2, 0) is 6.61 Å². The highest BCUT2D eigenvalue weighted by Gasteiger charge is 2.34. The average molecular weight is 381 g/mol. The Balaban J connectivity index is 1.44. The van der Waals surface area contributed by atoms with Gasteiger partial charge in [0.1, 0.15) is 11.6 Å². The van der Waals surface area contributed by atoms with Crippen LogP contribution in [0.4, 0.5) is 4.39 Å². The minimum absolute atomic E-state index is 0.0277. The largest absolute Gasteiger partial charge is 0.484 e. The van der Waals surface area contributed by atoms with Gasteiger partial charge in [-0.25, -0.2) is 4.39 Å². The van der Waals surface area contributed by atoms with Gasteiger partial charge in [-0.2, -0.15) is 4.98 Å². The van der Waals surface area contributed by atoms with E-state index in [1.165, 1.54) is 24.3 Å². The highest BCUT2D eigenvalue weighted by atomic mass is 19.1. The van der Waals surface area contributed by atoms with Gasteiger partial charge in [-0.1, -0.05) is 22.9 Å². The maximum atomic E-state index is 12.9. The van der Waals surface area contributed by atoms with Crippen molar-refractivity contribution in [3.8, 4) is 5.75 Å². The molecule has 6 nitrogen and oxygen atoms in total. The first kappa shape index (κ1) is 18.2. The van der Waals surface area contributed by atoms with Gasteiger partial charge in [0.15, 0.2) is 12.4 Å². The number of amides is 1. The number of halogens is 1. The molecule has 1 fully saturated rings. The molecule has 4 rings (SSSR count). The van der Waals surface area contributed by atoms with E-state index in [9.17, 15) is 9.18 Å². The van der Waals surface area contributed by atoms with Crippen LogP contribution in [0.15, 0.2) is 53.1 Å². The van der Waals surface area contributed by atoms with Crippen LogP contribution in [0.3, 0.4) is 0 Å². The number of hydrogen-bond donors (Lipinski definition) is 0. The van der Waals surface area contributed by atoms with Crippen molar-refractivity contribution in [3.05, 3.63) is 77.2 Å². The first-order valence-electron chi connectivity index (χ1n) is 9.18. The number of rotatable bonds is 5. The zero-order valence-electron chi connectivity index (χ0n) is 15.5. The lowest BCUT2D eigenvalue weighted by Gasteiger charge is -2.22. The number of carbonyl (C=O) groups is 1. The van der Waals surface area contributed by atoms with Crippen molar-refractivity contribution < 1.29 is 18.4 Å². The molecule has 1 aliphatic heterocycles. The molecule has 0 aliphatic carbocycles. The van der Waals surface area contributed by atoms with Gasteiger partial charge in [-0.15, -0.1) is 0 Å². The first-order chi connectivity index (χ1) is 13.6. The van der Waals surface area contributed by atoms with E-state index in [2.05, 4.69) is 10.1 Å². The molecule has 0 radical (unpaired) electrons. The lowest BCUT2D eigenvalue weighted by Crippen LogP contribution is -2.31. The second-order valence-corrected chi connectivity index (χ2v) is 6.81. The van der Waals surface area contributed by atoms with Crippen LogP contribution in [0.2, 0.25) is 0 Å². The average Bonchev–Trinajstić information content (AvgIpc) is 3.36. The fourth-order valence-corrected chi connectivity index (χ4v) is 3.36. The third-order valence-corrected chi connectivity index (χ3v) is 4.74. The molecule has 7 heteroatoms. The van der Waals surface area contributed by atoms with Crippen molar-refractivity contribution in [2.45, 2.75) is 32.4 Å². The Bertz CT molecular complexity index is 971. The fraction of sp³-hybridized carbons (Fsp3) is 0.286. The van der Waals surface area contributed by atoms with Crippen molar-refractivity contribution in [1.29, 1.82) is 0 Å². The lowest BCUT2D eigenvalue weighted by molar-refractivity contribution is 0.0728. The number of nitrogens with zero attached hydrogens (tertiary/aromatic N) is 3. The standard InChI is InChI=1S/C21H20FN3O3/c1-14-4-2-5-15(12-14)21(26)25-11-3-6-18(25)20-23-19(28-24-20)13-27-17-9-7-16(22)8-10-17/h2,4-5,7-10,12,18H,3,6,11,13H2,1H3. The minimum Gasteiger partial charge on any atom is -0.484 e. The SMILES string of the molecule is Cc1cccc(C(=O)N2CCCC2c2noc(COc3ccc(F)cc3)n2)c1. The molecule has 1 unspecified atom stereocenters. The zero-order chi connectivity index (χ0) is 19.5. The van der Waals surface area contributed by atoms with Crippen LogP contribution in [0, 0.1) is 12.7 Å². The highest BCUT2D eigenvalue weighted by molar-refractivity contribution is 5.94. The molecule has 1 atom stereocenters. The van der Waals surface area contributed by atoms with E-state index in [0.717, 1.165) is 18.4 Å². The quantitative estimate of drug-likeness (QED) is 0.666. The summed E-state index contributed by atoms with van der Waals surface area (Å²) in [6, 6.07) is 13.1. The molecule has 1 saturated heterocycles. The molecule has 144 valence electrons. The maximum Gasteiger partial charge on any atom is 0.264 e. The number of benzene rings is 2. The van der Waals surface area contributed by atoms with E-state index in [4.69, 9.17) is 9.26 Å². The van der Waals surface area contributed by atoms with Crippen LogP contribution in [0.1, 0.15) is 46.5 Å². The summed E-state index contributed by atoms with van der Waals surface area (Å²) in [5, 5.41) is 4.05. The molecule has 28 heavy (non-hydrogen) atoms. The molecule has 0 spiro atoms. The van der Waals surface area contributed by atoms with Crippen LogP contribution in [0.5, 0.6) is 5.75 Å². The number of aromatic nitrogens is 2. The molecular formula is C21H20FN3O3. The number of likely N-dealkylation sites (tertiary alicyclic amines) is 1. The Labute approximate surface area is 161 Å². The smallest absolute Gasteiger partial charge is 0.264 e. The number of hydrogen-bond acceptors (Lipinski definition) is 5. The van der Waals surface area contributed by atoms with Gasteiger partial charge in [-0.3, -0.25) is 4.79 Å². The van der Waals surface area contributed by atoms with Gasteiger partial charge >= 0.3 is 0 Å². The molecule has 0 N–H and O–H groups in total. The van der Waals surface area contributed by atoms with Crippen molar-refractivity contribution in [3.63, 3.8) is 0 Å². The summed E-state index contributed by atoms with van der Waals surface area (Å²) in [7, 11) is 0. The van der Waals surface area contributed by atoms with E-state index in [1.807, 2.05) is 31.2 Å². The van der Waals surface area contributed by atoms with Gasteiger partial charge in [0.2, 0.25) is 0 Å². The zero-order valence-corrected chi connectivity index (χ0v) is 15.5. The summed E-state index contributed by atoms with van der Waals surface area (Å²) in [5.41, 5.74) is 1.71. The fourth-order valence-electron chi connectivity index (χ4n) is 3.36. The topological polar surface area (TPSA) is 68.5 Å². The van der Waals surface area contributed by atoms with Crippen LogP contribution in [0.25, 0.3) is 0 Å². The van der Waals surface area contributed by atoms with Gasteiger partial charge in [0, 0.05) is 12.1 Å². The third kappa shape index (κ3) is 3.88. The summed E-state index contributed by atoms with van der Waals surface area (Å²) in [5.74, 6) is 0.954. The number of ether oxygens (including phenoxy) is 1. The summed E-state index contributed by atoms with van der Waals surface area (Å²) < 4.78 is 23.8. The predicted octanol–water partition coefficient (Wildman–Crippen LogP) is 4.07. The van der Waals surface area contributed by atoms with Gasteiger partial charge in [0.25, 0.3) is 11.8 Å². The Hall–Kier alpha value is -3.22. The van der Waals surface area contributed by atoms with Gasteiger partial charge in [0.05, 0.1) is 6.04 Å². The first-order valence-corrected chi connectivity index (χ1v) is 9.18. The highest BCUT2D eigenvalue weighted by Crippen LogP contribution is 2.31. The molecule has 1 amide bonds. The summed E-state index contributed by atoms with van der Waals surface area (Å²) >= 11 is 0. The molecule has 2 heterocycles. The van der Waals surface area contributed by atoms with Gasteiger partial charge in [-0.05, 0) is 56.2 Å². The summed E-state index contributed by atoms with van der Waals surface area (Å²) in [6.45, 7) is 2.70. The number of carbonyl (C=O) groups excluding carboxylic acids is 1. The molecule has 0 saturated carbocycles. The van der Waals surface area contributed by atoms with Crippen LogP contribution in [-0.4, -0.2) is 27.5 Å². The molecule has 1 aliphatic rings. The van der Waals surface area contributed by atoms with E-state index in [1.54, 1.807) is 4.90 Å². The van der Waals surface area contributed by atoms with E-state index in [0.29, 0.717) is 29.6 Å². The second kappa shape index (κ2) is 7.80. The molecular weight excluding hydrogens is 361 g/mol. The van der Waals surface area contributed by atoms with Crippen molar-refractivity contribution >= 4 is 5.91 Å². The van der Waals surface area contributed by atoms with Crippen molar-refractivity contribution in [2.75, 3.05) is 6.54 Å². The van der Waals surface area contributed by atoms with Crippen molar-refractivity contribution in [2.24, 2.45) is 0 Å². The molecule has 0 bridgehead atoms. The minimum atomic E-state index is -0.327. The Morgan fingerprint density at radius 3 is 2.89 bits per heavy atom. The Morgan fingerprint density at radius 1 is 1.29 bits per heavy atom. The lowest BCUT2D eigenvalue weighted by atomic mass is 10.1. The van der Waals surface area contributed by atoms with E-state index < -0.39 is 0 Å². The van der Waals surface area contributed by atoms with Crippen LogP contribution >= 0.6 is 0 Å². The maximum absolute atomic E-state index is 12.9. The Kier molecular flexibility index (Phi) is 5.06. The number of aryl methyl sites for hydroxylation is 1. The van der Waals surface area contributed by atoms with E-state index in [-0.39, 0.29) is 24.4 Å². The third-order valence-electron chi connectivity index (χ3n) is 4.74. The Morgan fingerprint density at radius 2 is 2.11 bits per heavy atom. The summed E-state index contributed by atoms with van der Waals surface area (Å²) in [6.07, 6.45) is 1.67. The van der Waals surface area contributed by atoms with Gasteiger partial charge < -0.3 is 14.2 Å². The van der Waals surface area contributed by atoms with Crippen LogP contribution < -0.4 is 4.74 Å². The second-order valence-electron chi connectivity index (χ2n) is 6.81. The van der Waals surface area contributed by atoms with Crippen molar-refractivity contribution in [1.82, 2.24) is 15.0 Å². The van der Waals surface area contributed by atoms with E-state index >= 15 is 0 Å². The summed E-state index contributed by atoms with van der Waals surface area (Å²) in [4.78, 5) is 19.1. The molecule has 3 aromatic rings. The molecule has 1 aromatic heterocycles.